The van der Waals surface area contributed by atoms with Crippen molar-refractivity contribution in [3.63, 3.8) is 0 Å². The molecule has 57 heavy (non-hydrogen) atoms. The first-order chi connectivity index (χ1) is 27.3. The second-order valence-corrected chi connectivity index (χ2v) is 13.6. The van der Waals surface area contributed by atoms with Crippen LogP contribution in [0.3, 0.4) is 0 Å². The molecule has 0 saturated carbocycles. The summed E-state index contributed by atoms with van der Waals surface area (Å²) in [7, 11) is 1.61. The van der Waals surface area contributed by atoms with Crippen LogP contribution >= 0.6 is 0 Å². The van der Waals surface area contributed by atoms with Crippen LogP contribution in [0.15, 0.2) is 109 Å². The summed E-state index contributed by atoms with van der Waals surface area (Å²) in [5.74, 6) is -0.811. The van der Waals surface area contributed by atoms with Crippen molar-refractivity contribution in [2.24, 2.45) is 0 Å². The summed E-state index contributed by atoms with van der Waals surface area (Å²) in [6.45, 7) is 1.70. The Morgan fingerprint density at radius 3 is 2.04 bits per heavy atom. The fraction of sp³-hybridized carbons (Fsp3) is 0.326. The number of anilines is 1. The van der Waals surface area contributed by atoms with Crippen LogP contribution in [-0.4, -0.2) is 91.5 Å². The number of ether oxygens (including phenoxy) is 2. The molecule has 1 saturated heterocycles. The average Bonchev–Trinajstić information content (AvgIpc) is 3.20. The van der Waals surface area contributed by atoms with E-state index in [-0.39, 0.29) is 50.3 Å². The van der Waals surface area contributed by atoms with Gasteiger partial charge in [-0.05, 0) is 64.7 Å². The number of carbonyl (C=O) groups is 3. The number of piperazine rings is 1. The highest BCUT2D eigenvalue weighted by molar-refractivity contribution is 5.95. The number of hydrogen-bond acceptors (Lipinski definition) is 6. The number of likely N-dealkylation sites (N-methyl/N-ethyl adjacent to an activating group) is 1. The highest BCUT2D eigenvalue weighted by atomic mass is 19.4. The first-order valence-corrected chi connectivity index (χ1v) is 18.4. The lowest BCUT2D eigenvalue weighted by atomic mass is 10.0. The van der Waals surface area contributed by atoms with Gasteiger partial charge in [-0.1, -0.05) is 66.7 Å². The maximum Gasteiger partial charge on any atom is 0.416 e. The Morgan fingerprint density at radius 1 is 0.807 bits per heavy atom. The highest BCUT2D eigenvalue weighted by Gasteiger charge is 2.32. The third kappa shape index (κ3) is 12.6. The maximum atomic E-state index is 14.4. The molecule has 4 aromatic rings. The molecule has 1 fully saturated rings. The van der Waals surface area contributed by atoms with Gasteiger partial charge in [-0.2, -0.15) is 22.0 Å². The second kappa shape index (κ2) is 19.9. The standard InChI is InChI=1S/C43H45F5N4O5/c1-31(53)50-22-24-51(25-23-50)37-17-10-34(11-18-37)29-52(40(54)21-14-32-8-15-36(16-9-32)43(46,47)48)39(28-33-6-4-3-5-7-33)41(55)49(2)26-27-56-30-35-12-19-38(20-13-35)57-42(44)45/h3-21,39,42H,22-30H2,1-2H3/t39-/m0/s1. The van der Waals surface area contributed by atoms with E-state index < -0.39 is 30.3 Å². The van der Waals surface area contributed by atoms with Gasteiger partial charge in [-0.15, -0.1) is 0 Å². The zero-order chi connectivity index (χ0) is 41.0. The molecule has 0 bridgehead atoms. The van der Waals surface area contributed by atoms with Crippen LogP contribution in [0.25, 0.3) is 6.08 Å². The Morgan fingerprint density at radius 2 is 1.44 bits per heavy atom. The van der Waals surface area contributed by atoms with Gasteiger partial charge in [0.25, 0.3) is 0 Å². The normalized spacial score (nSPS) is 13.8. The SMILES string of the molecule is CC(=O)N1CCN(c2ccc(CN(C(=O)C=Cc3ccc(C(F)(F)F)cc3)[C@@H](Cc3ccccc3)C(=O)N(C)CCOCc3ccc(OC(F)F)cc3)cc2)CC1. The van der Waals surface area contributed by atoms with E-state index in [1.165, 1.54) is 46.2 Å². The van der Waals surface area contributed by atoms with E-state index in [9.17, 15) is 36.3 Å². The Kier molecular flexibility index (Phi) is 14.8. The fourth-order valence-corrected chi connectivity index (χ4v) is 6.37. The molecule has 1 atom stereocenters. The summed E-state index contributed by atoms with van der Waals surface area (Å²) in [4.78, 5) is 47.3. The van der Waals surface area contributed by atoms with Gasteiger partial charge in [0.1, 0.15) is 11.8 Å². The van der Waals surface area contributed by atoms with Crippen LogP contribution < -0.4 is 9.64 Å². The van der Waals surface area contributed by atoms with Crippen molar-refractivity contribution in [3.05, 3.63) is 137 Å². The predicted molar refractivity (Wildman–Crippen MR) is 206 cm³/mol. The van der Waals surface area contributed by atoms with Crippen LogP contribution in [-0.2, 0) is 44.9 Å². The third-order valence-corrected chi connectivity index (χ3v) is 9.62. The Hall–Kier alpha value is -5.76. The summed E-state index contributed by atoms with van der Waals surface area (Å²) >= 11 is 0. The van der Waals surface area contributed by atoms with Gasteiger partial charge >= 0.3 is 12.8 Å². The van der Waals surface area contributed by atoms with E-state index in [4.69, 9.17) is 4.74 Å². The predicted octanol–water partition coefficient (Wildman–Crippen LogP) is 7.30. The van der Waals surface area contributed by atoms with Crippen LogP contribution in [0.2, 0.25) is 0 Å². The van der Waals surface area contributed by atoms with E-state index in [0.29, 0.717) is 37.3 Å². The summed E-state index contributed by atoms with van der Waals surface area (Å²) in [6.07, 6.45) is -1.64. The number of benzene rings is 4. The molecule has 1 heterocycles. The number of alkyl halides is 5. The monoisotopic (exact) mass is 792 g/mol. The molecule has 4 aromatic carbocycles. The van der Waals surface area contributed by atoms with Gasteiger partial charge in [-0.3, -0.25) is 14.4 Å². The van der Waals surface area contributed by atoms with Crippen molar-refractivity contribution < 1.29 is 45.8 Å². The van der Waals surface area contributed by atoms with Crippen LogP contribution in [0.1, 0.15) is 34.7 Å². The van der Waals surface area contributed by atoms with E-state index in [0.717, 1.165) is 28.9 Å². The number of rotatable bonds is 16. The first kappa shape index (κ1) is 42.4. The van der Waals surface area contributed by atoms with Crippen molar-refractivity contribution in [3.8, 4) is 5.75 Å². The van der Waals surface area contributed by atoms with Crippen molar-refractivity contribution in [2.45, 2.75) is 45.3 Å². The molecule has 1 aliphatic heterocycles. The number of hydrogen-bond donors (Lipinski definition) is 0. The quantitative estimate of drug-likeness (QED) is 0.0674. The van der Waals surface area contributed by atoms with E-state index in [1.54, 1.807) is 31.0 Å². The zero-order valence-corrected chi connectivity index (χ0v) is 31.7. The third-order valence-electron chi connectivity index (χ3n) is 9.62. The van der Waals surface area contributed by atoms with E-state index in [2.05, 4.69) is 9.64 Å². The molecule has 14 heteroatoms. The topological polar surface area (TPSA) is 82.6 Å². The lowest BCUT2D eigenvalue weighted by molar-refractivity contribution is -0.143. The lowest BCUT2D eigenvalue weighted by Crippen LogP contribution is -2.51. The second-order valence-electron chi connectivity index (χ2n) is 13.6. The minimum absolute atomic E-state index is 0.0250. The van der Waals surface area contributed by atoms with E-state index >= 15 is 0 Å². The van der Waals surface area contributed by atoms with Crippen molar-refractivity contribution in [1.29, 1.82) is 0 Å². The summed E-state index contributed by atoms with van der Waals surface area (Å²) in [6, 6.07) is 26.4. The summed E-state index contributed by atoms with van der Waals surface area (Å²) < 4.78 is 74.8. The maximum absolute atomic E-state index is 14.4. The van der Waals surface area contributed by atoms with Gasteiger partial charge in [0, 0.05) is 71.4 Å². The molecule has 0 N–H and O–H groups in total. The van der Waals surface area contributed by atoms with Gasteiger partial charge in [0.15, 0.2) is 0 Å². The minimum Gasteiger partial charge on any atom is -0.435 e. The molecule has 0 aliphatic carbocycles. The Balaban J connectivity index is 1.35. The Bertz CT molecular complexity index is 1930. The van der Waals surface area contributed by atoms with Gasteiger partial charge in [0.05, 0.1) is 18.8 Å². The summed E-state index contributed by atoms with van der Waals surface area (Å²) in [5.41, 5.74) is 2.80. The van der Waals surface area contributed by atoms with Gasteiger partial charge < -0.3 is 29.1 Å². The molecule has 1 aliphatic rings. The lowest BCUT2D eigenvalue weighted by Gasteiger charge is -2.36. The smallest absolute Gasteiger partial charge is 0.416 e. The minimum atomic E-state index is -4.51. The van der Waals surface area contributed by atoms with E-state index in [1.807, 2.05) is 54.6 Å². The van der Waals surface area contributed by atoms with Gasteiger partial charge in [-0.25, -0.2) is 0 Å². The molecule has 3 amide bonds. The van der Waals surface area contributed by atoms with Crippen molar-refractivity contribution >= 4 is 29.5 Å². The molecule has 0 spiro atoms. The molecule has 5 rings (SSSR count). The summed E-state index contributed by atoms with van der Waals surface area (Å²) in [5, 5.41) is 0. The number of carbonyl (C=O) groups excluding carboxylic acids is 3. The molecule has 302 valence electrons. The molecule has 0 unspecified atom stereocenters. The van der Waals surface area contributed by atoms with Crippen molar-refractivity contribution in [2.75, 3.05) is 51.3 Å². The molecular formula is C43H45F5N4O5. The van der Waals surface area contributed by atoms with Crippen LogP contribution in [0.4, 0.5) is 27.6 Å². The fourth-order valence-electron chi connectivity index (χ4n) is 6.37. The molecule has 9 nitrogen and oxygen atoms in total. The largest absolute Gasteiger partial charge is 0.435 e. The number of halogens is 5. The molecule has 0 radical (unpaired) electrons. The van der Waals surface area contributed by atoms with Crippen LogP contribution in [0, 0.1) is 0 Å². The number of amides is 3. The zero-order valence-electron chi connectivity index (χ0n) is 31.7. The van der Waals surface area contributed by atoms with Gasteiger partial charge in [0.2, 0.25) is 17.7 Å². The molecule has 0 aromatic heterocycles. The first-order valence-electron chi connectivity index (χ1n) is 18.4. The van der Waals surface area contributed by atoms with Crippen molar-refractivity contribution in [1.82, 2.24) is 14.7 Å². The highest BCUT2D eigenvalue weighted by Crippen LogP contribution is 2.29. The molecular weight excluding hydrogens is 747 g/mol. The van der Waals surface area contributed by atoms with Crippen LogP contribution in [0.5, 0.6) is 5.75 Å². The number of nitrogens with zero attached hydrogens (tertiary/aromatic N) is 4. The Labute approximate surface area is 328 Å². The average molecular weight is 793 g/mol.